The standard InChI is InChI=1S/C18H22O6S2/c1-9(2)7-23-16(21)13(17(22)24-8-10(3)4)18-25-14-11(19)5-6-12(20)15(14)26-18/h5-6,9-10,19-20H,7-8H2,1-4H3. The van der Waals surface area contributed by atoms with Gasteiger partial charge in [-0.3, -0.25) is 0 Å². The molecule has 0 spiro atoms. The minimum Gasteiger partial charge on any atom is -0.507 e. The number of hydrogen-bond acceptors (Lipinski definition) is 8. The van der Waals surface area contributed by atoms with Gasteiger partial charge in [0.15, 0.2) is 5.57 Å². The van der Waals surface area contributed by atoms with Crippen LogP contribution in [0.2, 0.25) is 0 Å². The molecule has 142 valence electrons. The first-order valence-corrected chi connectivity index (χ1v) is 9.83. The van der Waals surface area contributed by atoms with Crippen molar-refractivity contribution >= 4 is 35.5 Å². The van der Waals surface area contributed by atoms with Crippen molar-refractivity contribution in [2.75, 3.05) is 13.2 Å². The molecule has 26 heavy (non-hydrogen) atoms. The Morgan fingerprint density at radius 3 is 1.62 bits per heavy atom. The van der Waals surface area contributed by atoms with Gasteiger partial charge in [-0.25, -0.2) is 9.59 Å². The van der Waals surface area contributed by atoms with Crippen LogP contribution in [0.25, 0.3) is 0 Å². The van der Waals surface area contributed by atoms with Crippen molar-refractivity contribution in [2.45, 2.75) is 37.5 Å². The fraction of sp³-hybridized carbons (Fsp3) is 0.444. The zero-order chi connectivity index (χ0) is 19.4. The third-order valence-corrected chi connectivity index (χ3v) is 5.81. The molecule has 1 aromatic rings. The average molecular weight is 399 g/mol. The number of phenols is 2. The molecule has 0 atom stereocenters. The van der Waals surface area contributed by atoms with Crippen LogP contribution in [0.15, 0.2) is 31.7 Å². The largest absolute Gasteiger partial charge is 0.507 e. The Morgan fingerprint density at radius 1 is 0.885 bits per heavy atom. The SMILES string of the molecule is CC(C)COC(=O)C(C(=O)OCC(C)C)=C1Sc2c(O)ccc(O)c2S1. The maximum absolute atomic E-state index is 12.5. The molecule has 6 nitrogen and oxygen atoms in total. The lowest BCUT2D eigenvalue weighted by molar-refractivity contribution is -0.148. The number of thioether (sulfide) groups is 2. The first kappa shape index (κ1) is 20.5. The zero-order valence-electron chi connectivity index (χ0n) is 15.1. The Hall–Kier alpha value is -1.80. The van der Waals surface area contributed by atoms with Crippen molar-refractivity contribution in [3.63, 3.8) is 0 Å². The van der Waals surface area contributed by atoms with E-state index < -0.39 is 11.9 Å². The number of carbonyl (C=O) groups is 2. The molecule has 0 amide bonds. The van der Waals surface area contributed by atoms with Crippen LogP contribution in [-0.4, -0.2) is 35.4 Å². The quantitative estimate of drug-likeness (QED) is 0.245. The maximum Gasteiger partial charge on any atom is 0.347 e. The molecule has 1 aromatic carbocycles. The van der Waals surface area contributed by atoms with Gasteiger partial charge in [-0.1, -0.05) is 51.2 Å². The number of fused-ring (bicyclic) bond motifs is 1. The highest BCUT2D eigenvalue weighted by molar-refractivity contribution is 8.25. The predicted molar refractivity (Wildman–Crippen MR) is 100 cm³/mol. The van der Waals surface area contributed by atoms with E-state index in [2.05, 4.69) is 0 Å². The Morgan fingerprint density at radius 2 is 1.27 bits per heavy atom. The lowest BCUT2D eigenvalue weighted by Gasteiger charge is -2.12. The Balaban J connectivity index is 2.36. The van der Waals surface area contributed by atoms with Crippen LogP contribution in [0.3, 0.4) is 0 Å². The number of aromatic hydroxyl groups is 2. The van der Waals surface area contributed by atoms with E-state index in [9.17, 15) is 19.8 Å². The number of benzene rings is 1. The topological polar surface area (TPSA) is 93.1 Å². The monoisotopic (exact) mass is 398 g/mol. The van der Waals surface area contributed by atoms with Crippen molar-refractivity contribution in [2.24, 2.45) is 11.8 Å². The number of ether oxygens (including phenoxy) is 2. The number of hydrogen-bond donors (Lipinski definition) is 2. The number of esters is 2. The van der Waals surface area contributed by atoms with Crippen LogP contribution in [0.5, 0.6) is 11.5 Å². The summed E-state index contributed by atoms with van der Waals surface area (Å²) in [6.07, 6.45) is 0. The fourth-order valence-corrected chi connectivity index (χ4v) is 4.49. The lowest BCUT2D eigenvalue weighted by Crippen LogP contribution is -2.22. The van der Waals surface area contributed by atoms with Gasteiger partial charge >= 0.3 is 11.9 Å². The molecule has 0 aliphatic carbocycles. The van der Waals surface area contributed by atoms with Gasteiger partial charge in [0.05, 0.1) is 27.2 Å². The van der Waals surface area contributed by atoms with Crippen LogP contribution in [0.1, 0.15) is 27.7 Å². The third kappa shape index (κ3) is 4.88. The molecular formula is C18H22O6S2. The van der Waals surface area contributed by atoms with Gasteiger partial charge in [0.25, 0.3) is 0 Å². The van der Waals surface area contributed by atoms with Gasteiger partial charge in [-0.2, -0.15) is 0 Å². The van der Waals surface area contributed by atoms with Gasteiger partial charge in [0.1, 0.15) is 11.5 Å². The van der Waals surface area contributed by atoms with E-state index >= 15 is 0 Å². The summed E-state index contributed by atoms with van der Waals surface area (Å²) in [4.78, 5) is 25.8. The Bertz CT molecular complexity index is 680. The second kappa shape index (κ2) is 8.73. The number of rotatable bonds is 6. The molecule has 0 saturated heterocycles. The molecule has 1 aliphatic rings. The second-order valence-electron chi connectivity index (χ2n) is 6.61. The van der Waals surface area contributed by atoms with E-state index in [1.54, 1.807) is 0 Å². The van der Waals surface area contributed by atoms with Crippen LogP contribution < -0.4 is 0 Å². The number of carbonyl (C=O) groups excluding carboxylic acids is 2. The molecule has 0 fully saturated rings. The highest BCUT2D eigenvalue weighted by Crippen LogP contribution is 2.58. The predicted octanol–water partition coefficient (Wildman–Crippen LogP) is 3.91. The summed E-state index contributed by atoms with van der Waals surface area (Å²) in [6.45, 7) is 7.91. The lowest BCUT2D eigenvalue weighted by atomic mass is 10.2. The van der Waals surface area contributed by atoms with Crippen LogP contribution in [0.4, 0.5) is 0 Å². The molecule has 0 unspecified atom stereocenters. The number of phenolic OH excluding ortho intramolecular Hbond substituents is 2. The van der Waals surface area contributed by atoms with Crippen molar-refractivity contribution in [3.8, 4) is 11.5 Å². The Kier molecular flexibility index (Phi) is 6.88. The van der Waals surface area contributed by atoms with E-state index in [-0.39, 0.29) is 42.1 Å². The fourth-order valence-electron chi connectivity index (χ4n) is 1.93. The van der Waals surface area contributed by atoms with E-state index in [1.807, 2.05) is 27.7 Å². The van der Waals surface area contributed by atoms with Crippen molar-refractivity contribution in [1.29, 1.82) is 0 Å². The minimum atomic E-state index is -0.769. The van der Waals surface area contributed by atoms with Gasteiger partial charge in [-0.05, 0) is 24.0 Å². The van der Waals surface area contributed by atoms with E-state index in [0.717, 1.165) is 23.5 Å². The van der Waals surface area contributed by atoms with Gasteiger partial charge in [0, 0.05) is 0 Å². The molecule has 1 aliphatic heterocycles. The van der Waals surface area contributed by atoms with Crippen molar-refractivity contribution in [3.05, 3.63) is 21.9 Å². The second-order valence-corrected chi connectivity index (χ2v) is 8.91. The molecule has 0 bridgehead atoms. The molecule has 0 radical (unpaired) electrons. The molecule has 8 heteroatoms. The molecule has 1 heterocycles. The molecule has 2 N–H and O–H groups in total. The Labute approximate surface area is 161 Å². The van der Waals surface area contributed by atoms with E-state index in [1.165, 1.54) is 12.1 Å². The molecular weight excluding hydrogens is 376 g/mol. The molecule has 0 saturated carbocycles. The summed E-state index contributed by atoms with van der Waals surface area (Å²) in [7, 11) is 0. The maximum atomic E-state index is 12.5. The first-order valence-electron chi connectivity index (χ1n) is 8.19. The molecule has 0 aromatic heterocycles. The molecule has 2 rings (SSSR count). The minimum absolute atomic E-state index is 0.0317. The van der Waals surface area contributed by atoms with Gasteiger partial charge < -0.3 is 19.7 Å². The third-order valence-electron chi connectivity index (χ3n) is 3.17. The van der Waals surface area contributed by atoms with Crippen LogP contribution in [-0.2, 0) is 19.1 Å². The normalized spacial score (nSPS) is 13.1. The summed E-state index contributed by atoms with van der Waals surface area (Å²) >= 11 is 2.08. The van der Waals surface area contributed by atoms with Crippen molar-refractivity contribution < 1.29 is 29.3 Å². The van der Waals surface area contributed by atoms with Gasteiger partial charge in [0.2, 0.25) is 0 Å². The zero-order valence-corrected chi connectivity index (χ0v) is 16.7. The smallest absolute Gasteiger partial charge is 0.347 e. The van der Waals surface area contributed by atoms with Crippen molar-refractivity contribution in [1.82, 2.24) is 0 Å². The van der Waals surface area contributed by atoms with E-state index in [4.69, 9.17) is 9.47 Å². The van der Waals surface area contributed by atoms with Crippen LogP contribution in [0, 0.1) is 11.8 Å². The van der Waals surface area contributed by atoms with E-state index in [0.29, 0.717) is 14.0 Å². The highest BCUT2D eigenvalue weighted by atomic mass is 32.2. The summed E-state index contributed by atoms with van der Waals surface area (Å²) in [5.41, 5.74) is -0.212. The first-order chi connectivity index (χ1) is 12.2. The van der Waals surface area contributed by atoms with Gasteiger partial charge in [-0.15, -0.1) is 0 Å². The summed E-state index contributed by atoms with van der Waals surface area (Å²) < 4.78 is 10.8. The summed E-state index contributed by atoms with van der Waals surface area (Å²) in [6, 6.07) is 2.72. The summed E-state index contributed by atoms with van der Waals surface area (Å²) in [5, 5.41) is 20.0. The summed E-state index contributed by atoms with van der Waals surface area (Å²) in [5.74, 6) is -1.37. The average Bonchev–Trinajstić information content (AvgIpc) is 3.00. The highest BCUT2D eigenvalue weighted by Gasteiger charge is 2.34. The van der Waals surface area contributed by atoms with Crippen LogP contribution >= 0.6 is 23.5 Å².